The summed E-state index contributed by atoms with van der Waals surface area (Å²) >= 11 is 0. The smallest absolute Gasteiger partial charge is 0.251 e. The lowest BCUT2D eigenvalue weighted by Gasteiger charge is -2.13. The number of para-hydroxylation sites is 1. The van der Waals surface area contributed by atoms with Gasteiger partial charge in [-0.25, -0.2) is 4.98 Å². The van der Waals surface area contributed by atoms with Gasteiger partial charge in [0, 0.05) is 5.69 Å². The predicted octanol–water partition coefficient (Wildman–Crippen LogP) is 2.07. The van der Waals surface area contributed by atoms with Crippen LogP contribution in [0, 0.1) is 0 Å². The van der Waals surface area contributed by atoms with E-state index in [1.165, 1.54) is 12.3 Å². The Bertz CT molecular complexity index is 610. The first-order valence-electron chi connectivity index (χ1n) is 6.02. The van der Waals surface area contributed by atoms with E-state index in [-0.39, 0.29) is 5.82 Å². The van der Waals surface area contributed by atoms with Crippen molar-refractivity contribution in [3.8, 4) is 0 Å². The molecule has 0 spiro atoms. The highest BCUT2D eigenvalue weighted by Crippen LogP contribution is 2.24. The van der Waals surface area contributed by atoms with Crippen LogP contribution >= 0.6 is 0 Å². The highest BCUT2D eigenvalue weighted by molar-refractivity contribution is 5.99. The average Bonchev–Trinajstić information content (AvgIpc) is 2.41. The normalized spacial score (nSPS) is 10.2. The molecular weight excluding hydrogens is 240 g/mol. The van der Waals surface area contributed by atoms with E-state index in [4.69, 9.17) is 11.5 Å². The number of pyridine rings is 1. The molecule has 5 nitrogen and oxygen atoms in total. The molecule has 0 bridgehead atoms. The Labute approximate surface area is 111 Å². The minimum Gasteiger partial charge on any atom is -0.384 e. The summed E-state index contributed by atoms with van der Waals surface area (Å²) in [5.74, 6) is -0.270. The number of amides is 1. The monoisotopic (exact) mass is 256 g/mol. The van der Waals surface area contributed by atoms with Gasteiger partial charge in [0.15, 0.2) is 0 Å². The molecule has 0 atom stereocenters. The van der Waals surface area contributed by atoms with Gasteiger partial charge in [-0.3, -0.25) is 4.79 Å². The molecule has 1 heterocycles. The van der Waals surface area contributed by atoms with E-state index in [2.05, 4.69) is 17.2 Å². The number of anilines is 3. The fourth-order valence-corrected chi connectivity index (χ4v) is 1.87. The molecule has 1 aromatic heterocycles. The number of nitrogens with one attached hydrogen (secondary N) is 1. The predicted molar refractivity (Wildman–Crippen MR) is 76.3 cm³/mol. The summed E-state index contributed by atoms with van der Waals surface area (Å²) < 4.78 is 0. The molecule has 1 amide bonds. The second-order valence-corrected chi connectivity index (χ2v) is 4.15. The van der Waals surface area contributed by atoms with E-state index in [1.54, 1.807) is 0 Å². The van der Waals surface area contributed by atoms with Crippen LogP contribution in [0.1, 0.15) is 22.8 Å². The van der Waals surface area contributed by atoms with Gasteiger partial charge >= 0.3 is 0 Å². The van der Waals surface area contributed by atoms with Gasteiger partial charge in [0.2, 0.25) is 0 Å². The van der Waals surface area contributed by atoms with Crippen molar-refractivity contribution in [3.05, 3.63) is 47.7 Å². The third kappa shape index (κ3) is 2.82. The van der Waals surface area contributed by atoms with Crippen LogP contribution in [-0.2, 0) is 6.42 Å². The van der Waals surface area contributed by atoms with Gasteiger partial charge in [-0.2, -0.15) is 0 Å². The summed E-state index contributed by atoms with van der Waals surface area (Å²) in [5.41, 5.74) is 13.9. The third-order valence-electron chi connectivity index (χ3n) is 2.86. The largest absolute Gasteiger partial charge is 0.384 e. The quantitative estimate of drug-likeness (QED) is 0.780. The van der Waals surface area contributed by atoms with Gasteiger partial charge in [-0.15, -0.1) is 0 Å². The molecule has 5 N–H and O–H groups in total. The zero-order chi connectivity index (χ0) is 13.8. The van der Waals surface area contributed by atoms with Gasteiger partial charge in [-0.05, 0) is 24.1 Å². The maximum atomic E-state index is 11.4. The second-order valence-electron chi connectivity index (χ2n) is 4.15. The summed E-state index contributed by atoms with van der Waals surface area (Å²) in [5, 5.41) is 3.18. The van der Waals surface area contributed by atoms with Crippen LogP contribution in [0.2, 0.25) is 0 Å². The summed E-state index contributed by atoms with van der Waals surface area (Å²) in [6.07, 6.45) is 2.40. The van der Waals surface area contributed by atoms with Crippen molar-refractivity contribution in [2.45, 2.75) is 13.3 Å². The number of hydrogen-bond acceptors (Lipinski definition) is 4. The number of nitrogens with two attached hydrogens (primary N) is 2. The Hall–Kier alpha value is -2.56. The Morgan fingerprint density at radius 3 is 2.74 bits per heavy atom. The molecule has 0 fully saturated rings. The lowest BCUT2D eigenvalue weighted by molar-refractivity contribution is 0.100. The van der Waals surface area contributed by atoms with Crippen LogP contribution in [0.25, 0.3) is 0 Å². The summed E-state index contributed by atoms with van der Waals surface area (Å²) in [4.78, 5) is 15.4. The number of nitrogen functional groups attached to an aromatic ring is 1. The molecule has 0 radical (unpaired) electrons. The fraction of sp³-hybridized carbons (Fsp3) is 0.143. The summed E-state index contributed by atoms with van der Waals surface area (Å²) in [7, 11) is 0. The fourth-order valence-electron chi connectivity index (χ4n) is 1.87. The van der Waals surface area contributed by atoms with Crippen LogP contribution in [0.5, 0.6) is 0 Å². The van der Waals surface area contributed by atoms with Crippen LogP contribution in [0.3, 0.4) is 0 Å². The minimum absolute atomic E-state index is 0.267. The minimum atomic E-state index is -0.537. The van der Waals surface area contributed by atoms with E-state index >= 15 is 0 Å². The Kier molecular flexibility index (Phi) is 3.66. The number of aryl methyl sites for hydroxylation is 1. The Morgan fingerprint density at radius 2 is 2.05 bits per heavy atom. The number of primary amides is 1. The summed E-state index contributed by atoms with van der Waals surface area (Å²) in [6, 6.07) is 9.34. The number of rotatable bonds is 4. The van der Waals surface area contributed by atoms with Gasteiger partial charge in [0.1, 0.15) is 5.82 Å². The lowest BCUT2D eigenvalue weighted by atomic mass is 10.1. The third-order valence-corrected chi connectivity index (χ3v) is 2.86. The van der Waals surface area contributed by atoms with Crippen molar-refractivity contribution >= 4 is 23.1 Å². The highest BCUT2D eigenvalue weighted by atomic mass is 16.1. The number of carbonyl (C=O) groups is 1. The zero-order valence-electron chi connectivity index (χ0n) is 10.7. The molecule has 98 valence electrons. The molecule has 5 heteroatoms. The van der Waals surface area contributed by atoms with E-state index in [0.29, 0.717) is 11.3 Å². The first-order chi connectivity index (χ1) is 9.11. The van der Waals surface area contributed by atoms with Crippen molar-refractivity contribution < 1.29 is 4.79 Å². The van der Waals surface area contributed by atoms with Gasteiger partial charge < -0.3 is 16.8 Å². The molecule has 2 rings (SSSR count). The molecule has 0 saturated carbocycles. The van der Waals surface area contributed by atoms with Gasteiger partial charge in [0.25, 0.3) is 5.91 Å². The van der Waals surface area contributed by atoms with Crippen LogP contribution in [-0.4, -0.2) is 10.9 Å². The first-order valence-corrected chi connectivity index (χ1v) is 6.02. The molecule has 0 aliphatic carbocycles. The molecule has 0 unspecified atom stereocenters. The van der Waals surface area contributed by atoms with E-state index < -0.39 is 5.91 Å². The molecule has 0 saturated heterocycles. The van der Waals surface area contributed by atoms with Crippen LogP contribution in [0.15, 0.2) is 36.5 Å². The lowest BCUT2D eigenvalue weighted by Crippen LogP contribution is -2.14. The molecule has 0 aliphatic heterocycles. The molecule has 0 aliphatic rings. The Balaban J connectivity index is 2.41. The van der Waals surface area contributed by atoms with E-state index in [9.17, 15) is 4.79 Å². The van der Waals surface area contributed by atoms with Crippen molar-refractivity contribution in [1.82, 2.24) is 4.98 Å². The highest BCUT2D eigenvalue weighted by Gasteiger charge is 2.10. The van der Waals surface area contributed by atoms with Gasteiger partial charge in [-0.1, -0.05) is 25.1 Å². The summed E-state index contributed by atoms with van der Waals surface area (Å²) in [6.45, 7) is 2.07. The van der Waals surface area contributed by atoms with Crippen LogP contribution in [0.4, 0.5) is 17.2 Å². The standard InChI is InChI=1S/C14H16N4O/c1-2-9-5-3-4-6-11(9)18-12-8-17-13(15)7-10(12)14(16)19/h3-8,18H,2H2,1H3,(H2,15,17)(H2,16,19). The second kappa shape index (κ2) is 5.39. The topological polar surface area (TPSA) is 94.0 Å². The SMILES string of the molecule is CCc1ccccc1Nc1cnc(N)cc1C(N)=O. The number of aromatic nitrogens is 1. The average molecular weight is 256 g/mol. The number of benzene rings is 1. The van der Waals surface area contributed by atoms with Gasteiger partial charge in [0.05, 0.1) is 17.4 Å². The molecular formula is C14H16N4O. The first kappa shape index (κ1) is 12.9. The van der Waals surface area contributed by atoms with E-state index in [0.717, 1.165) is 17.7 Å². The Morgan fingerprint density at radius 1 is 1.32 bits per heavy atom. The van der Waals surface area contributed by atoms with Crippen LogP contribution < -0.4 is 16.8 Å². The maximum absolute atomic E-state index is 11.4. The van der Waals surface area contributed by atoms with Crippen molar-refractivity contribution in [2.24, 2.45) is 5.73 Å². The van der Waals surface area contributed by atoms with E-state index in [1.807, 2.05) is 24.3 Å². The number of nitrogens with zero attached hydrogens (tertiary/aromatic N) is 1. The number of carbonyl (C=O) groups excluding carboxylic acids is 1. The van der Waals surface area contributed by atoms with Crippen molar-refractivity contribution in [3.63, 3.8) is 0 Å². The number of hydrogen-bond donors (Lipinski definition) is 3. The molecule has 2 aromatic rings. The van der Waals surface area contributed by atoms with Crippen molar-refractivity contribution in [2.75, 3.05) is 11.1 Å². The molecule has 1 aromatic carbocycles. The molecule has 19 heavy (non-hydrogen) atoms. The van der Waals surface area contributed by atoms with Crippen molar-refractivity contribution in [1.29, 1.82) is 0 Å². The zero-order valence-corrected chi connectivity index (χ0v) is 10.7. The maximum Gasteiger partial charge on any atom is 0.251 e.